The van der Waals surface area contributed by atoms with Crippen molar-refractivity contribution in [1.82, 2.24) is 15.1 Å². The van der Waals surface area contributed by atoms with Gasteiger partial charge < -0.3 is 20.2 Å². The van der Waals surface area contributed by atoms with Gasteiger partial charge in [-0.2, -0.15) is 0 Å². The summed E-state index contributed by atoms with van der Waals surface area (Å²) in [5, 5.41) is 12.2. The van der Waals surface area contributed by atoms with Gasteiger partial charge in [0.2, 0.25) is 0 Å². The Kier molecular flexibility index (Phi) is 7.19. The Morgan fingerprint density at radius 3 is 2.43 bits per heavy atom. The van der Waals surface area contributed by atoms with Gasteiger partial charge in [-0.1, -0.05) is 24.3 Å². The predicted octanol–water partition coefficient (Wildman–Crippen LogP) is 1.66. The van der Waals surface area contributed by atoms with Crippen molar-refractivity contribution in [2.24, 2.45) is 0 Å². The maximum atomic E-state index is 12.0. The molecule has 1 unspecified atom stereocenters. The van der Waals surface area contributed by atoms with Crippen molar-refractivity contribution >= 4 is 6.03 Å². The van der Waals surface area contributed by atoms with E-state index in [-0.39, 0.29) is 12.1 Å². The van der Waals surface area contributed by atoms with Gasteiger partial charge in [-0.3, -0.25) is 0 Å². The number of nitrogens with zero attached hydrogens (tertiary/aromatic N) is 2. The van der Waals surface area contributed by atoms with Crippen LogP contribution in [0.15, 0.2) is 24.3 Å². The fraction of sp³-hybridized carbons (Fsp3) is 0.562. The first-order valence-electron chi connectivity index (χ1n) is 7.28. The summed E-state index contributed by atoms with van der Waals surface area (Å²) < 4.78 is 0. The third kappa shape index (κ3) is 6.60. The first kappa shape index (κ1) is 17.5. The second-order valence-electron chi connectivity index (χ2n) is 5.72. The van der Waals surface area contributed by atoms with Gasteiger partial charge in [0.25, 0.3) is 0 Å². The molecule has 5 nitrogen and oxygen atoms in total. The first-order chi connectivity index (χ1) is 9.90. The van der Waals surface area contributed by atoms with Gasteiger partial charge in [-0.05, 0) is 38.6 Å². The van der Waals surface area contributed by atoms with Crippen molar-refractivity contribution in [3.05, 3.63) is 35.4 Å². The molecule has 0 aromatic heterocycles. The molecular formula is C16H27N3O2. The normalized spacial score (nSPS) is 12.3. The Labute approximate surface area is 127 Å². The van der Waals surface area contributed by atoms with Crippen LogP contribution in [-0.4, -0.2) is 54.7 Å². The summed E-state index contributed by atoms with van der Waals surface area (Å²) in [5.74, 6) is 0. The monoisotopic (exact) mass is 293 g/mol. The second kappa shape index (κ2) is 8.64. The molecule has 21 heavy (non-hydrogen) atoms. The van der Waals surface area contributed by atoms with E-state index in [1.54, 1.807) is 18.9 Å². The van der Waals surface area contributed by atoms with Crippen molar-refractivity contribution in [3.8, 4) is 0 Å². The number of carbonyl (C=O) groups excluding carboxylic acids is 1. The molecule has 0 aliphatic rings. The number of hydrogen-bond donors (Lipinski definition) is 2. The number of nitrogens with one attached hydrogen (secondary N) is 1. The summed E-state index contributed by atoms with van der Waals surface area (Å²) in [5.41, 5.74) is 2.35. The minimum atomic E-state index is -0.388. The molecular weight excluding hydrogens is 266 g/mol. The van der Waals surface area contributed by atoms with E-state index in [4.69, 9.17) is 0 Å². The molecule has 1 rings (SSSR count). The van der Waals surface area contributed by atoms with Crippen LogP contribution in [0.4, 0.5) is 4.79 Å². The lowest BCUT2D eigenvalue weighted by atomic mass is 10.1. The van der Waals surface area contributed by atoms with E-state index in [1.165, 1.54) is 5.56 Å². The zero-order valence-electron chi connectivity index (χ0n) is 13.5. The molecule has 0 fully saturated rings. The summed E-state index contributed by atoms with van der Waals surface area (Å²) in [6, 6.07) is 8.00. The molecule has 2 N–H and O–H groups in total. The average Bonchev–Trinajstić information content (AvgIpc) is 2.42. The number of aliphatic hydroxyl groups is 1. The molecule has 0 aliphatic heterocycles. The fourth-order valence-electron chi connectivity index (χ4n) is 2.01. The van der Waals surface area contributed by atoms with Crippen LogP contribution in [0.3, 0.4) is 0 Å². The summed E-state index contributed by atoms with van der Waals surface area (Å²) in [6.45, 7) is 3.64. The van der Waals surface area contributed by atoms with Gasteiger partial charge in [0, 0.05) is 26.7 Å². The van der Waals surface area contributed by atoms with Gasteiger partial charge in [0.15, 0.2) is 0 Å². The van der Waals surface area contributed by atoms with E-state index in [1.807, 2.05) is 32.3 Å². The Hall–Kier alpha value is -1.59. The van der Waals surface area contributed by atoms with Crippen LogP contribution in [0.2, 0.25) is 0 Å². The van der Waals surface area contributed by atoms with Crippen LogP contribution >= 0.6 is 0 Å². The molecule has 0 heterocycles. The zero-order valence-corrected chi connectivity index (χ0v) is 13.5. The number of amides is 2. The first-order valence-corrected chi connectivity index (χ1v) is 7.28. The predicted molar refractivity (Wildman–Crippen MR) is 85.0 cm³/mol. The van der Waals surface area contributed by atoms with Crippen molar-refractivity contribution < 1.29 is 9.90 Å². The number of carbonyl (C=O) groups is 1. The van der Waals surface area contributed by atoms with Crippen LogP contribution in [0.25, 0.3) is 0 Å². The molecule has 1 aromatic rings. The molecule has 118 valence electrons. The van der Waals surface area contributed by atoms with Gasteiger partial charge >= 0.3 is 6.03 Å². The minimum Gasteiger partial charge on any atom is -0.393 e. The molecule has 2 amide bonds. The molecule has 0 radical (unpaired) electrons. The smallest absolute Gasteiger partial charge is 0.317 e. The van der Waals surface area contributed by atoms with Crippen molar-refractivity contribution in [2.45, 2.75) is 32.5 Å². The molecule has 0 saturated carbocycles. The number of rotatable bonds is 7. The van der Waals surface area contributed by atoms with E-state index in [0.717, 1.165) is 12.1 Å². The quantitative estimate of drug-likeness (QED) is 0.804. The zero-order chi connectivity index (χ0) is 15.8. The highest BCUT2D eigenvalue weighted by Gasteiger charge is 2.10. The van der Waals surface area contributed by atoms with Gasteiger partial charge in [0.05, 0.1) is 6.10 Å². The van der Waals surface area contributed by atoms with Crippen LogP contribution in [-0.2, 0) is 13.1 Å². The molecule has 0 bridgehead atoms. The summed E-state index contributed by atoms with van der Waals surface area (Å²) >= 11 is 0. The number of hydrogen-bond acceptors (Lipinski definition) is 3. The molecule has 1 atom stereocenters. The lowest BCUT2D eigenvalue weighted by molar-refractivity contribution is 0.163. The van der Waals surface area contributed by atoms with Crippen LogP contribution in [0.1, 0.15) is 24.5 Å². The van der Waals surface area contributed by atoms with Gasteiger partial charge in [-0.25, -0.2) is 4.79 Å². The van der Waals surface area contributed by atoms with Crippen molar-refractivity contribution in [2.75, 3.05) is 27.7 Å². The van der Waals surface area contributed by atoms with Crippen LogP contribution < -0.4 is 5.32 Å². The minimum absolute atomic E-state index is 0.115. The fourth-order valence-corrected chi connectivity index (χ4v) is 2.01. The van der Waals surface area contributed by atoms with E-state index >= 15 is 0 Å². The van der Waals surface area contributed by atoms with Crippen molar-refractivity contribution in [3.63, 3.8) is 0 Å². The highest BCUT2D eigenvalue weighted by atomic mass is 16.3. The molecule has 0 spiro atoms. The lowest BCUT2D eigenvalue weighted by Gasteiger charge is -2.20. The average molecular weight is 293 g/mol. The highest BCUT2D eigenvalue weighted by molar-refractivity contribution is 5.73. The maximum absolute atomic E-state index is 12.0. The largest absolute Gasteiger partial charge is 0.393 e. The van der Waals surface area contributed by atoms with E-state index in [2.05, 4.69) is 16.3 Å². The lowest BCUT2D eigenvalue weighted by Crippen LogP contribution is -2.38. The highest BCUT2D eigenvalue weighted by Crippen LogP contribution is 2.10. The third-order valence-electron chi connectivity index (χ3n) is 3.26. The molecule has 0 aliphatic carbocycles. The Balaban J connectivity index is 2.52. The SMILES string of the molecule is CC(O)CCN(C)C(=O)NCc1ccccc1CN(C)C. The van der Waals surface area contributed by atoms with E-state index < -0.39 is 0 Å². The van der Waals surface area contributed by atoms with Crippen LogP contribution in [0, 0.1) is 0 Å². The Bertz CT molecular complexity index is 447. The Morgan fingerprint density at radius 1 is 1.24 bits per heavy atom. The van der Waals surface area contributed by atoms with Crippen molar-refractivity contribution in [1.29, 1.82) is 0 Å². The maximum Gasteiger partial charge on any atom is 0.317 e. The number of urea groups is 1. The number of aliphatic hydroxyl groups excluding tert-OH is 1. The molecule has 5 heteroatoms. The van der Waals surface area contributed by atoms with E-state index in [0.29, 0.717) is 19.5 Å². The van der Waals surface area contributed by atoms with E-state index in [9.17, 15) is 9.90 Å². The van der Waals surface area contributed by atoms with Gasteiger partial charge in [0.1, 0.15) is 0 Å². The Morgan fingerprint density at radius 2 is 1.86 bits per heavy atom. The summed E-state index contributed by atoms with van der Waals surface area (Å²) in [4.78, 5) is 15.7. The second-order valence-corrected chi connectivity index (χ2v) is 5.72. The third-order valence-corrected chi connectivity index (χ3v) is 3.26. The topological polar surface area (TPSA) is 55.8 Å². The molecule has 0 saturated heterocycles. The van der Waals surface area contributed by atoms with Gasteiger partial charge in [-0.15, -0.1) is 0 Å². The summed E-state index contributed by atoms with van der Waals surface area (Å²) in [6.07, 6.45) is 0.197. The number of benzene rings is 1. The molecule has 1 aromatic carbocycles. The standard InChI is InChI=1S/C16H27N3O2/c1-13(20)9-10-19(4)16(21)17-11-14-7-5-6-8-15(14)12-18(2)3/h5-8,13,20H,9-12H2,1-4H3,(H,17,21). The van der Waals surface area contributed by atoms with Crippen LogP contribution in [0.5, 0.6) is 0 Å². The summed E-state index contributed by atoms with van der Waals surface area (Å²) in [7, 11) is 5.79.